The number of nitrogens with one attached hydrogen (secondary N) is 2. The van der Waals surface area contributed by atoms with Crippen molar-refractivity contribution in [1.82, 2.24) is 10.2 Å². The highest BCUT2D eigenvalue weighted by atomic mass is 35.5. The Bertz CT molecular complexity index is 861. The number of amides is 1. The van der Waals surface area contributed by atoms with E-state index in [2.05, 4.69) is 33.5 Å². The summed E-state index contributed by atoms with van der Waals surface area (Å²) in [6.45, 7) is 3.95. The van der Waals surface area contributed by atoms with Gasteiger partial charge in [0.25, 0.3) is 0 Å². The molecule has 1 amide bonds. The van der Waals surface area contributed by atoms with E-state index < -0.39 is 0 Å². The van der Waals surface area contributed by atoms with Crippen LogP contribution in [0.1, 0.15) is 5.56 Å². The van der Waals surface area contributed by atoms with Gasteiger partial charge in [-0.05, 0) is 55.2 Å². The first-order valence-electron chi connectivity index (χ1n) is 9.09. The summed E-state index contributed by atoms with van der Waals surface area (Å²) < 4.78 is 0. The van der Waals surface area contributed by atoms with Crippen molar-refractivity contribution in [2.24, 2.45) is 0 Å². The molecule has 7 heteroatoms. The molecule has 2 N–H and O–H groups in total. The molecular formula is C21H23ClN4OS. The van der Waals surface area contributed by atoms with Gasteiger partial charge in [0.2, 0.25) is 5.91 Å². The number of hydrogen-bond acceptors (Lipinski definition) is 4. The van der Waals surface area contributed by atoms with Crippen molar-refractivity contribution in [2.75, 3.05) is 43.4 Å². The summed E-state index contributed by atoms with van der Waals surface area (Å²) in [5.41, 5.74) is 2.86. The van der Waals surface area contributed by atoms with Gasteiger partial charge in [0, 0.05) is 37.3 Å². The van der Waals surface area contributed by atoms with E-state index in [4.69, 9.17) is 23.8 Å². The largest absolute Gasteiger partial charge is 0.367 e. The molecule has 2 aromatic carbocycles. The lowest BCUT2D eigenvalue weighted by Crippen LogP contribution is -2.45. The van der Waals surface area contributed by atoms with Crippen LogP contribution in [0.5, 0.6) is 0 Å². The van der Waals surface area contributed by atoms with E-state index in [1.165, 1.54) is 6.08 Å². The van der Waals surface area contributed by atoms with Crippen LogP contribution in [-0.4, -0.2) is 49.1 Å². The Hall–Kier alpha value is -2.41. The standard InChI is InChI=1S/C21H23ClN4OS/c1-25-12-14-26(15-13-25)19-5-3-2-4-18(19)23-21(28)24-20(27)11-8-16-6-9-17(22)10-7-16/h2-11H,12-15H2,1H3,(H2,23,24,27,28)/b11-8+. The molecule has 0 bridgehead atoms. The average Bonchev–Trinajstić information content (AvgIpc) is 2.69. The van der Waals surface area contributed by atoms with Crippen LogP contribution < -0.4 is 15.5 Å². The molecule has 0 unspecified atom stereocenters. The quantitative estimate of drug-likeness (QED) is 0.591. The fourth-order valence-electron chi connectivity index (χ4n) is 2.96. The summed E-state index contributed by atoms with van der Waals surface area (Å²) in [6.07, 6.45) is 3.16. The molecule has 1 aliphatic heterocycles. The summed E-state index contributed by atoms with van der Waals surface area (Å²) in [7, 11) is 2.13. The third-order valence-corrected chi connectivity index (χ3v) is 4.99. The van der Waals surface area contributed by atoms with Gasteiger partial charge in [-0.2, -0.15) is 0 Å². The van der Waals surface area contributed by atoms with Crippen molar-refractivity contribution in [1.29, 1.82) is 0 Å². The van der Waals surface area contributed by atoms with Crippen LogP contribution in [-0.2, 0) is 4.79 Å². The van der Waals surface area contributed by atoms with Crippen LogP contribution in [0.15, 0.2) is 54.6 Å². The molecule has 146 valence electrons. The monoisotopic (exact) mass is 414 g/mol. The Labute approximate surface area is 176 Å². The topological polar surface area (TPSA) is 47.6 Å². The van der Waals surface area contributed by atoms with Gasteiger partial charge in [0.05, 0.1) is 11.4 Å². The smallest absolute Gasteiger partial charge is 0.250 e. The van der Waals surface area contributed by atoms with E-state index in [1.807, 2.05) is 30.3 Å². The zero-order valence-corrected chi connectivity index (χ0v) is 17.3. The molecule has 3 rings (SSSR count). The molecule has 2 aromatic rings. The second-order valence-corrected chi connectivity index (χ2v) is 7.48. The molecule has 1 fully saturated rings. The van der Waals surface area contributed by atoms with Crippen molar-refractivity contribution in [2.45, 2.75) is 0 Å². The van der Waals surface area contributed by atoms with Crippen molar-refractivity contribution in [3.05, 3.63) is 65.2 Å². The maximum absolute atomic E-state index is 12.1. The molecule has 0 radical (unpaired) electrons. The maximum Gasteiger partial charge on any atom is 0.250 e. The number of piperazine rings is 1. The Morgan fingerprint density at radius 2 is 1.75 bits per heavy atom. The van der Waals surface area contributed by atoms with Crippen molar-refractivity contribution < 1.29 is 4.79 Å². The second kappa shape index (κ2) is 9.68. The number of carbonyl (C=O) groups excluding carboxylic acids is 1. The molecule has 0 atom stereocenters. The average molecular weight is 415 g/mol. The number of para-hydroxylation sites is 2. The summed E-state index contributed by atoms with van der Waals surface area (Å²) >= 11 is 11.2. The first-order chi connectivity index (χ1) is 13.5. The lowest BCUT2D eigenvalue weighted by Gasteiger charge is -2.35. The lowest BCUT2D eigenvalue weighted by molar-refractivity contribution is -0.115. The van der Waals surface area contributed by atoms with Crippen LogP contribution >= 0.6 is 23.8 Å². The number of carbonyl (C=O) groups is 1. The molecule has 1 aliphatic rings. The predicted molar refractivity (Wildman–Crippen MR) is 121 cm³/mol. The fourth-order valence-corrected chi connectivity index (χ4v) is 3.29. The molecular weight excluding hydrogens is 392 g/mol. The van der Waals surface area contributed by atoms with E-state index >= 15 is 0 Å². The number of likely N-dealkylation sites (N-methyl/N-ethyl adjacent to an activating group) is 1. The molecule has 28 heavy (non-hydrogen) atoms. The van der Waals surface area contributed by atoms with Crippen molar-refractivity contribution in [3.63, 3.8) is 0 Å². The van der Waals surface area contributed by atoms with E-state index in [0.717, 1.165) is 43.1 Å². The van der Waals surface area contributed by atoms with Crippen molar-refractivity contribution in [3.8, 4) is 0 Å². The Balaban J connectivity index is 1.59. The van der Waals surface area contributed by atoms with Gasteiger partial charge in [0.15, 0.2) is 5.11 Å². The molecule has 0 aliphatic carbocycles. The molecule has 1 heterocycles. The first-order valence-corrected chi connectivity index (χ1v) is 9.88. The molecule has 0 aromatic heterocycles. The Morgan fingerprint density at radius 1 is 1.07 bits per heavy atom. The summed E-state index contributed by atoms with van der Waals surface area (Å²) in [5, 5.41) is 6.77. The van der Waals surface area contributed by atoms with Gasteiger partial charge in [0.1, 0.15) is 0 Å². The van der Waals surface area contributed by atoms with Gasteiger partial charge < -0.3 is 15.1 Å². The van der Waals surface area contributed by atoms with Gasteiger partial charge in [-0.15, -0.1) is 0 Å². The predicted octanol–water partition coefficient (Wildman–Crippen LogP) is 3.62. The number of hydrogen-bond donors (Lipinski definition) is 2. The number of rotatable bonds is 4. The Kier molecular flexibility index (Phi) is 7.03. The Morgan fingerprint density at radius 3 is 2.46 bits per heavy atom. The lowest BCUT2D eigenvalue weighted by atomic mass is 10.2. The highest BCUT2D eigenvalue weighted by Gasteiger charge is 2.17. The summed E-state index contributed by atoms with van der Waals surface area (Å²) in [4.78, 5) is 16.8. The maximum atomic E-state index is 12.1. The van der Waals surface area contributed by atoms with Crippen LogP contribution in [0.2, 0.25) is 5.02 Å². The highest BCUT2D eigenvalue weighted by Crippen LogP contribution is 2.26. The van der Waals surface area contributed by atoms with E-state index in [9.17, 15) is 4.79 Å². The molecule has 0 saturated carbocycles. The third kappa shape index (κ3) is 5.79. The van der Waals surface area contributed by atoms with Gasteiger partial charge >= 0.3 is 0 Å². The minimum Gasteiger partial charge on any atom is -0.367 e. The number of thiocarbonyl (C=S) groups is 1. The molecule has 0 spiro atoms. The van der Waals surface area contributed by atoms with Gasteiger partial charge in [-0.3, -0.25) is 10.1 Å². The zero-order valence-electron chi connectivity index (χ0n) is 15.7. The van der Waals surface area contributed by atoms with Crippen LogP contribution in [0, 0.1) is 0 Å². The van der Waals surface area contributed by atoms with Crippen LogP contribution in [0.3, 0.4) is 0 Å². The van der Waals surface area contributed by atoms with E-state index in [1.54, 1.807) is 18.2 Å². The normalized spacial score (nSPS) is 14.9. The zero-order chi connectivity index (χ0) is 19.9. The summed E-state index contributed by atoms with van der Waals surface area (Å²) in [5.74, 6) is -0.287. The number of nitrogens with zero attached hydrogens (tertiary/aromatic N) is 2. The fraction of sp³-hybridized carbons (Fsp3) is 0.238. The SMILES string of the molecule is CN1CCN(c2ccccc2NC(=S)NC(=O)/C=C/c2ccc(Cl)cc2)CC1. The van der Waals surface area contributed by atoms with Gasteiger partial charge in [-0.25, -0.2) is 0 Å². The van der Waals surface area contributed by atoms with E-state index in [0.29, 0.717) is 5.02 Å². The van der Waals surface area contributed by atoms with Crippen LogP contribution in [0.25, 0.3) is 6.08 Å². The van der Waals surface area contributed by atoms with Crippen LogP contribution in [0.4, 0.5) is 11.4 Å². The number of anilines is 2. The second-order valence-electron chi connectivity index (χ2n) is 6.64. The minimum absolute atomic E-state index is 0.271. The third-order valence-electron chi connectivity index (χ3n) is 4.53. The van der Waals surface area contributed by atoms with Gasteiger partial charge in [-0.1, -0.05) is 35.9 Å². The number of benzene rings is 2. The molecule has 1 saturated heterocycles. The first kappa shape index (κ1) is 20.3. The minimum atomic E-state index is -0.287. The van der Waals surface area contributed by atoms with E-state index in [-0.39, 0.29) is 11.0 Å². The van der Waals surface area contributed by atoms with Crippen molar-refractivity contribution >= 4 is 52.3 Å². The molecule has 5 nitrogen and oxygen atoms in total. The number of halogens is 1. The highest BCUT2D eigenvalue weighted by molar-refractivity contribution is 7.80. The summed E-state index contributed by atoms with van der Waals surface area (Å²) in [6, 6.07) is 15.2.